The number of hydrogen-bond acceptors (Lipinski definition) is 2. The number of methoxy groups -OCH3 is 1. The van der Waals surface area contributed by atoms with E-state index < -0.39 is 0 Å². The predicted octanol–water partition coefficient (Wildman–Crippen LogP) is 2.50. The molecule has 2 rings (SSSR count). The van der Waals surface area contributed by atoms with Crippen molar-refractivity contribution in [3.05, 3.63) is 29.8 Å². The van der Waals surface area contributed by atoms with Gasteiger partial charge in [0.15, 0.2) is 0 Å². The van der Waals surface area contributed by atoms with E-state index in [4.69, 9.17) is 10.5 Å². The summed E-state index contributed by atoms with van der Waals surface area (Å²) >= 11 is 0. The van der Waals surface area contributed by atoms with Crippen molar-refractivity contribution in [3.8, 4) is 5.75 Å². The SMILES string of the molecule is COc1cccc(C(N)CC2CC2)c1. The van der Waals surface area contributed by atoms with E-state index in [1.807, 2.05) is 18.2 Å². The summed E-state index contributed by atoms with van der Waals surface area (Å²) in [5.41, 5.74) is 7.29. The molecule has 0 aliphatic heterocycles. The summed E-state index contributed by atoms with van der Waals surface area (Å²) in [6, 6.07) is 8.24. The van der Waals surface area contributed by atoms with Gasteiger partial charge in [-0.3, -0.25) is 0 Å². The Morgan fingerprint density at radius 1 is 1.50 bits per heavy atom. The molecular weight excluding hydrogens is 174 g/mol. The molecule has 0 spiro atoms. The van der Waals surface area contributed by atoms with Crippen molar-refractivity contribution < 1.29 is 4.74 Å². The maximum atomic E-state index is 6.10. The molecule has 1 aromatic carbocycles. The van der Waals surface area contributed by atoms with Crippen LogP contribution in [0.4, 0.5) is 0 Å². The predicted molar refractivity (Wildman–Crippen MR) is 57.3 cm³/mol. The first-order valence-corrected chi connectivity index (χ1v) is 5.19. The van der Waals surface area contributed by atoms with Crippen LogP contribution < -0.4 is 10.5 Å². The van der Waals surface area contributed by atoms with Gasteiger partial charge in [-0.25, -0.2) is 0 Å². The van der Waals surface area contributed by atoms with Crippen molar-refractivity contribution in [3.63, 3.8) is 0 Å². The van der Waals surface area contributed by atoms with Crippen molar-refractivity contribution in [2.45, 2.75) is 25.3 Å². The quantitative estimate of drug-likeness (QED) is 0.793. The lowest BCUT2D eigenvalue weighted by atomic mass is 10.0. The van der Waals surface area contributed by atoms with E-state index in [-0.39, 0.29) is 6.04 Å². The van der Waals surface area contributed by atoms with Crippen LogP contribution in [0.25, 0.3) is 0 Å². The number of nitrogens with two attached hydrogens (primary N) is 1. The fourth-order valence-corrected chi connectivity index (χ4v) is 1.72. The van der Waals surface area contributed by atoms with Crippen molar-refractivity contribution in [2.24, 2.45) is 11.7 Å². The minimum Gasteiger partial charge on any atom is -0.497 e. The van der Waals surface area contributed by atoms with Crippen LogP contribution in [0, 0.1) is 5.92 Å². The van der Waals surface area contributed by atoms with Gasteiger partial charge in [0.1, 0.15) is 5.75 Å². The van der Waals surface area contributed by atoms with Gasteiger partial charge in [0, 0.05) is 6.04 Å². The van der Waals surface area contributed by atoms with Gasteiger partial charge in [-0.1, -0.05) is 25.0 Å². The molecule has 1 aliphatic rings. The van der Waals surface area contributed by atoms with E-state index in [1.165, 1.54) is 18.4 Å². The van der Waals surface area contributed by atoms with Gasteiger partial charge in [-0.2, -0.15) is 0 Å². The first kappa shape index (κ1) is 9.53. The first-order valence-electron chi connectivity index (χ1n) is 5.19. The van der Waals surface area contributed by atoms with E-state index >= 15 is 0 Å². The van der Waals surface area contributed by atoms with E-state index in [0.29, 0.717) is 0 Å². The Morgan fingerprint density at radius 2 is 2.29 bits per heavy atom. The van der Waals surface area contributed by atoms with Crippen LogP contribution in [0.15, 0.2) is 24.3 Å². The van der Waals surface area contributed by atoms with Gasteiger partial charge in [0.25, 0.3) is 0 Å². The van der Waals surface area contributed by atoms with Crippen LogP contribution in [0.2, 0.25) is 0 Å². The van der Waals surface area contributed by atoms with Crippen molar-refractivity contribution in [2.75, 3.05) is 7.11 Å². The van der Waals surface area contributed by atoms with Gasteiger partial charge in [-0.15, -0.1) is 0 Å². The molecule has 1 saturated carbocycles. The molecule has 1 aromatic rings. The summed E-state index contributed by atoms with van der Waals surface area (Å²) in [4.78, 5) is 0. The third kappa shape index (κ3) is 2.26. The van der Waals surface area contributed by atoms with E-state index in [1.54, 1.807) is 7.11 Å². The molecule has 0 aromatic heterocycles. The monoisotopic (exact) mass is 191 g/mol. The van der Waals surface area contributed by atoms with Crippen LogP contribution in [0.5, 0.6) is 5.75 Å². The molecule has 1 aliphatic carbocycles. The average Bonchev–Trinajstić information content (AvgIpc) is 3.02. The summed E-state index contributed by atoms with van der Waals surface area (Å²) in [7, 11) is 1.69. The van der Waals surface area contributed by atoms with Crippen molar-refractivity contribution >= 4 is 0 Å². The molecule has 2 heteroatoms. The van der Waals surface area contributed by atoms with Crippen LogP contribution in [-0.4, -0.2) is 7.11 Å². The Bertz CT molecular complexity index is 307. The van der Waals surface area contributed by atoms with Gasteiger partial charge < -0.3 is 10.5 Å². The molecule has 14 heavy (non-hydrogen) atoms. The van der Waals surface area contributed by atoms with Gasteiger partial charge in [0.2, 0.25) is 0 Å². The van der Waals surface area contributed by atoms with Gasteiger partial charge in [0.05, 0.1) is 7.11 Å². The molecule has 0 radical (unpaired) electrons. The lowest BCUT2D eigenvalue weighted by Crippen LogP contribution is -2.10. The molecular formula is C12H17NO. The number of ether oxygens (including phenoxy) is 1. The minimum absolute atomic E-state index is 0.178. The summed E-state index contributed by atoms with van der Waals surface area (Å²) in [6.07, 6.45) is 3.84. The third-order valence-corrected chi connectivity index (χ3v) is 2.81. The molecule has 0 heterocycles. The van der Waals surface area contributed by atoms with Crippen LogP contribution >= 0.6 is 0 Å². The van der Waals surface area contributed by atoms with Gasteiger partial charge >= 0.3 is 0 Å². The van der Waals surface area contributed by atoms with Gasteiger partial charge in [-0.05, 0) is 30.0 Å². The highest BCUT2D eigenvalue weighted by Gasteiger charge is 2.24. The summed E-state index contributed by atoms with van der Waals surface area (Å²) in [5.74, 6) is 1.77. The third-order valence-electron chi connectivity index (χ3n) is 2.81. The normalized spacial score (nSPS) is 17.9. The Kier molecular flexibility index (Phi) is 2.73. The standard InChI is InChI=1S/C12H17NO/c1-14-11-4-2-3-10(8-11)12(13)7-9-5-6-9/h2-4,8-9,12H,5-7,13H2,1H3. The highest BCUT2D eigenvalue weighted by atomic mass is 16.5. The topological polar surface area (TPSA) is 35.2 Å². The molecule has 0 amide bonds. The molecule has 0 saturated heterocycles. The second kappa shape index (κ2) is 4.01. The molecule has 1 fully saturated rings. The van der Waals surface area contributed by atoms with Crippen molar-refractivity contribution in [1.82, 2.24) is 0 Å². The molecule has 1 atom stereocenters. The van der Waals surface area contributed by atoms with Crippen LogP contribution in [0.3, 0.4) is 0 Å². The van der Waals surface area contributed by atoms with E-state index in [2.05, 4.69) is 6.07 Å². The molecule has 1 unspecified atom stereocenters. The van der Waals surface area contributed by atoms with Crippen LogP contribution in [-0.2, 0) is 0 Å². The zero-order chi connectivity index (χ0) is 9.97. The fourth-order valence-electron chi connectivity index (χ4n) is 1.72. The smallest absolute Gasteiger partial charge is 0.119 e. The summed E-state index contributed by atoms with van der Waals surface area (Å²) in [6.45, 7) is 0. The highest BCUT2D eigenvalue weighted by molar-refractivity contribution is 5.30. The van der Waals surface area contributed by atoms with E-state index in [0.717, 1.165) is 18.1 Å². The Morgan fingerprint density at radius 3 is 2.93 bits per heavy atom. The fraction of sp³-hybridized carbons (Fsp3) is 0.500. The lowest BCUT2D eigenvalue weighted by molar-refractivity contribution is 0.413. The molecule has 76 valence electrons. The number of hydrogen-bond donors (Lipinski definition) is 1. The summed E-state index contributed by atoms with van der Waals surface area (Å²) in [5, 5.41) is 0. The minimum atomic E-state index is 0.178. The highest BCUT2D eigenvalue weighted by Crippen LogP contribution is 2.37. The Labute approximate surface area is 85.1 Å². The molecule has 0 bridgehead atoms. The second-order valence-electron chi connectivity index (χ2n) is 4.06. The van der Waals surface area contributed by atoms with Crippen molar-refractivity contribution in [1.29, 1.82) is 0 Å². The average molecular weight is 191 g/mol. The molecule has 2 N–H and O–H groups in total. The lowest BCUT2D eigenvalue weighted by Gasteiger charge is -2.12. The zero-order valence-electron chi connectivity index (χ0n) is 8.57. The number of rotatable bonds is 4. The Hall–Kier alpha value is -1.02. The maximum Gasteiger partial charge on any atom is 0.119 e. The largest absolute Gasteiger partial charge is 0.497 e. The van der Waals surface area contributed by atoms with Crippen LogP contribution in [0.1, 0.15) is 30.9 Å². The zero-order valence-corrected chi connectivity index (χ0v) is 8.57. The summed E-state index contributed by atoms with van der Waals surface area (Å²) < 4.78 is 5.17. The first-order chi connectivity index (χ1) is 6.79. The van der Waals surface area contributed by atoms with E-state index in [9.17, 15) is 0 Å². The second-order valence-corrected chi connectivity index (χ2v) is 4.06. The number of benzene rings is 1. The maximum absolute atomic E-state index is 6.10. The Balaban J connectivity index is 2.05. The molecule has 2 nitrogen and oxygen atoms in total.